The molecule has 1 aliphatic heterocycles. The van der Waals surface area contributed by atoms with Crippen molar-refractivity contribution in [2.75, 3.05) is 34.0 Å². The molecule has 0 atom stereocenters. The first kappa shape index (κ1) is 14.1. The average Bonchev–Trinajstić information content (AvgIpc) is 2.47. The molecular weight excluding hydrogens is 245 g/mol. The Labute approximate surface area is 114 Å². The number of alkyl halides is 1. The predicted molar refractivity (Wildman–Crippen MR) is 73.5 cm³/mol. The van der Waals surface area contributed by atoms with Gasteiger partial charge < -0.3 is 9.47 Å². The molecular formula is C15H22FNO2. The Morgan fingerprint density at radius 2 is 1.68 bits per heavy atom. The van der Waals surface area contributed by atoms with Gasteiger partial charge in [-0.05, 0) is 49.5 Å². The van der Waals surface area contributed by atoms with Crippen LogP contribution in [0.2, 0.25) is 0 Å². The topological polar surface area (TPSA) is 21.7 Å². The molecule has 0 amide bonds. The Balaban J connectivity index is 1.99. The van der Waals surface area contributed by atoms with E-state index in [1.807, 2.05) is 18.2 Å². The zero-order valence-corrected chi connectivity index (χ0v) is 11.7. The average molecular weight is 267 g/mol. The SMILES string of the molecule is COc1cc(CN2CCC(CF)CC2)cc(OC)c1. The molecule has 1 aromatic rings. The van der Waals surface area contributed by atoms with Crippen molar-refractivity contribution in [3.63, 3.8) is 0 Å². The lowest BCUT2D eigenvalue weighted by Gasteiger charge is -2.30. The molecule has 4 heteroatoms. The number of methoxy groups -OCH3 is 2. The summed E-state index contributed by atoms with van der Waals surface area (Å²) in [6, 6.07) is 5.94. The van der Waals surface area contributed by atoms with Crippen molar-refractivity contribution in [3.05, 3.63) is 23.8 Å². The van der Waals surface area contributed by atoms with Crippen LogP contribution in [0.1, 0.15) is 18.4 Å². The van der Waals surface area contributed by atoms with Crippen LogP contribution < -0.4 is 9.47 Å². The molecule has 3 nitrogen and oxygen atoms in total. The summed E-state index contributed by atoms with van der Waals surface area (Å²) in [5.41, 5.74) is 1.18. The van der Waals surface area contributed by atoms with Gasteiger partial charge in [0.25, 0.3) is 0 Å². The van der Waals surface area contributed by atoms with Gasteiger partial charge in [-0.25, -0.2) is 0 Å². The first-order chi connectivity index (χ1) is 9.25. The van der Waals surface area contributed by atoms with Crippen molar-refractivity contribution in [1.82, 2.24) is 4.90 Å². The fourth-order valence-corrected chi connectivity index (χ4v) is 2.51. The van der Waals surface area contributed by atoms with Crippen molar-refractivity contribution in [2.45, 2.75) is 19.4 Å². The summed E-state index contributed by atoms with van der Waals surface area (Å²) in [4.78, 5) is 2.36. The second kappa shape index (κ2) is 6.75. The minimum absolute atomic E-state index is 0.180. The van der Waals surface area contributed by atoms with Crippen LogP contribution >= 0.6 is 0 Å². The molecule has 1 fully saturated rings. The molecule has 0 radical (unpaired) electrons. The standard InChI is InChI=1S/C15H22FNO2/c1-18-14-7-13(8-15(9-14)19-2)11-17-5-3-12(10-16)4-6-17/h7-9,12H,3-6,10-11H2,1-2H3. The summed E-state index contributed by atoms with van der Waals surface area (Å²) in [6.45, 7) is 2.62. The van der Waals surface area contributed by atoms with E-state index >= 15 is 0 Å². The minimum Gasteiger partial charge on any atom is -0.497 e. The molecule has 106 valence electrons. The van der Waals surface area contributed by atoms with Gasteiger partial charge in [0.15, 0.2) is 0 Å². The molecule has 1 saturated heterocycles. The van der Waals surface area contributed by atoms with Crippen LogP contribution in [0.3, 0.4) is 0 Å². The van der Waals surface area contributed by atoms with Crippen LogP contribution in [0.25, 0.3) is 0 Å². The van der Waals surface area contributed by atoms with E-state index in [1.165, 1.54) is 5.56 Å². The molecule has 0 N–H and O–H groups in total. The van der Waals surface area contributed by atoms with Crippen LogP contribution in [0.5, 0.6) is 11.5 Å². The molecule has 0 unspecified atom stereocenters. The molecule has 0 saturated carbocycles. The highest BCUT2D eigenvalue weighted by Gasteiger charge is 2.19. The highest BCUT2D eigenvalue weighted by atomic mass is 19.1. The van der Waals surface area contributed by atoms with Gasteiger partial charge in [-0.3, -0.25) is 9.29 Å². The second-order valence-corrected chi connectivity index (χ2v) is 5.09. The summed E-state index contributed by atoms with van der Waals surface area (Å²) in [5, 5.41) is 0. The van der Waals surface area contributed by atoms with Gasteiger partial charge in [-0.1, -0.05) is 0 Å². The first-order valence-corrected chi connectivity index (χ1v) is 6.75. The zero-order valence-electron chi connectivity index (χ0n) is 11.7. The van der Waals surface area contributed by atoms with Crippen LogP contribution in [-0.2, 0) is 6.54 Å². The number of hydrogen-bond acceptors (Lipinski definition) is 3. The molecule has 2 rings (SSSR count). The molecule has 19 heavy (non-hydrogen) atoms. The minimum atomic E-state index is -0.180. The number of hydrogen-bond donors (Lipinski definition) is 0. The van der Waals surface area contributed by atoms with Crippen LogP contribution in [0.4, 0.5) is 4.39 Å². The Hall–Kier alpha value is -1.29. The second-order valence-electron chi connectivity index (χ2n) is 5.09. The number of benzene rings is 1. The molecule has 0 bridgehead atoms. The molecule has 1 aliphatic rings. The number of likely N-dealkylation sites (tertiary alicyclic amines) is 1. The molecule has 1 aromatic carbocycles. The largest absolute Gasteiger partial charge is 0.497 e. The van der Waals surface area contributed by atoms with Crippen LogP contribution in [-0.4, -0.2) is 38.9 Å². The third-order valence-corrected chi connectivity index (χ3v) is 3.74. The quantitative estimate of drug-likeness (QED) is 0.819. The lowest BCUT2D eigenvalue weighted by molar-refractivity contribution is 0.159. The van der Waals surface area contributed by atoms with E-state index in [0.29, 0.717) is 0 Å². The lowest BCUT2D eigenvalue weighted by atomic mass is 9.98. The maximum Gasteiger partial charge on any atom is 0.122 e. The number of ether oxygens (including phenoxy) is 2. The molecule has 0 spiro atoms. The number of piperidine rings is 1. The first-order valence-electron chi connectivity index (χ1n) is 6.75. The van der Waals surface area contributed by atoms with Gasteiger partial charge in [0.1, 0.15) is 11.5 Å². The Kier molecular flexibility index (Phi) is 5.02. The highest BCUT2D eigenvalue weighted by Crippen LogP contribution is 2.25. The summed E-state index contributed by atoms with van der Waals surface area (Å²) in [5.74, 6) is 1.89. The van der Waals surface area contributed by atoms with E-state index < -0.39 is 0 Å². The smallest absolute Gasteiger partial charge is 0.122 e. The Morgan fingerprint density at radius 1 is 1.11 bits per heavy atom. The zero-order chi connectivity index (χ0) is 13.7. The maximum atomic E-state index is 12.6. The molecule has 0 aromatic heterocycles. The van der Waals surface area contributed by atoms with Crippen LogP contribution in [0, 0.1) is 5.92 Å². The van der Waals surface area contributed by atoms with Crippen molar-refractivity contribution in [3.8, 4) is 11.5 Å². The van der Waals surface area contributed by atoms with Crippen LogP contribution in [0.15, 0.2) is 18.2 Å². The number of rotatable bonds is 5. The summed E-state index contributed by atoms with van der Waals surface area (Å²) >= 11 is 0. The van der Waals surface area contributed by atoms with Crippen molar-refractivity contribution in [2.24, 2.45) is 5.92 Å². The molecule has 0 aliphatic carbocycles. The normalized spacial score (nSPS) is 17.4. The van der Waals surface area contributed by atoms with Gasteiger partial charge >= 0.3 is 0 Å². The van der Waals surface area contributed by atoms with E-state index in [-0.39, 0.29) is 12.6 Å². The number of halogens is 1. The summed E-state index contributed by atoms with van der Waals surface area (Å²) in [6.07, 6.45) is 1.91. The van der Waals surface area contributed by atoms with Crippen molar-refractivity contribution >= 4 is 0 Å². The Bertz CT molecular complexity index is 381. The third-order valence-electron chi connectivity index (χ3n) is 3.74. The van der Waals surface area contributed by atoms with Crippen molar-refractivity contribution in [1.29, 1.82) is 0 Å². The maximum absolute atomic E-state index is 12.6. The van der Waals surface area contributed by atoms with E-state index in [1.54, 1.807) is 14.2 Å². The lowest BCUT2D eigenvalue weighted by Crippen LogP contribution is -2.33. The summed E-state index contributed by atoms with van der Waals surface area (Å²) < 4.78 is 23.1. The Morgan fingerprint density at radius 3 is 2.16 bits per heavy atom. The van der Waals surface area contributed by atoms with E-state index in [2.05, 4.69) is 4.90 Å². The molecule has 1 heterocycles. The van der Waals surface area contributed by atoms with Gasteiger partial charge in [0, 0.05) is 12.6 Å². The van der Waals surface area contributed by atoms with E-state index in [9.17, 15) is 4.39 Å². The predicted octanol–water partition coefficient (Wildman–Crippen LogP) is 2.89. The number of nitrogens with zero attached hydrogens (tertiary/aromatic N) is 1. The van der Waals surface area contributed by atoms with Crippen molar-refractivity contribution < 1.29 is 13.9 Å². The monoisotopic (exact) mass is 267 g/mol. The third kappa shape index (κ3) is 3.83. The van der Waals surface area contributed by atoms with E-state index in [4.69, 9.17) is 9.47 Å². The van der Waals surface area contributed by atoms with Gasteiger partial charge in [0.05, 0.1) is 20.9 Å². The fourth-order valence-electron chi connectivity index (χ4n) is 2.51. The highest BCUT2D eigenvalue weighted by molar-refractivity contribution is 5.38. The fraction of sp³-hybridized carbons (Fsp3) is 0.600. The van der Waals surface area contributed by atoms with Gasteiger partial charge in [-0.2, -0.15) is 0 Å². The van der Waals surface area contributed by atoms with Gasteiger partial charge in [0.2, 0.25) is 0 Å². The summed E-state index contributed by atoms with van der Waals surface area (Å²) in [7, 11) is 3.32. The van der Waals surface area contributed by atoms with Gasteiger partial charge in [-0.15, -0.1) is 0 Å². The van der Waals surface area contributed by atoms with E-state index in [0.717, 1.165) is 44.0 Å².